The molecule has 0 aliphatic carbocycles. The first-order chi connectivity index (χ1) is 8.03. The lowest BCUT2D eigenvalue weighted by Crippen LogP contribution is -2.37. The van der Waals surface area contributed by atoms with Crippen LogP contribution in [0.3, 0.4) is 0 Å². The molecular formula is C10H18N2O3S2. The molecule has 0 saturated heterocycles. The number of thiophene rings is 1. The molecule has 0 spiro atoms. The summed E-state index contributed by atoms with van der Waals surface area (Å²) in [5.41, 5.74) is 5.46. The first-order valence-electron chi connectivity index (χ1n) is 5.33. The molecule has 1 atom stereocenters. The van der Waals surface area contributed by atoms with Crippen molar-refractivity contribution in [3.05, 3.63) is 17.0 Å². The minimum absolute atomic E-state index is 0.201. The number of nitrogens with two attached hydrogens (primary N) is 1. The number of sulfonamides is 1. The summed E-state index contributed by atoms with van der Waals surface area (Å²) in [6.45, 7) is 2.63. The molecule has 17 heavy (non-hydrogen) atoms. The molecule has 3 N–H and O–H groups in total. The van der Waals surface area contributed by atoms with Crippen LogP contribution in [0.5, 0.6) is 0 Å². The highest BCUT2D eigenvalue weighted by Crippen LogP contribution is 2.21. The predicted molar refractivity (Wildman–Crippen MR) is 68.5 cm³/mol. The normalized spacial score (nSPS) is 13.8. The Morgan fingerprint density at radius 1 is 1.53 bits per heavy atom. The van der Waals surface area contributed by atoms with Gasteiger partial charge in [0.05, 0.1) is 6.61 Å². The summed E-state index contributed by atoms with van der Waals surface area (Å²) in [4.78, 5) is 0.852. The minimum Gasteiger partial charge on any atom is -0.383 e. The van der Waals surface area contributed by atoms with Gasteiger partial charge in [-0.25, -0.2) is 13.1 Å². The van der Waals surface area contributed by atoms with E-state index in [1.165, 1.54) is 11.3 Å². The van der Waals surface area contributed by atoms with Crippen LogP contribution in [-0.4, -0.2) is 28.2 Å². The molecule has 1 unspecified atom stereocenters. The second-order valence-electron chi connectivity index (χ2n) is 3.61. The van der Waals surface area contributed by atoms with Crippen molar-refractivity contribution in [1.82, 2.24) is 4.72 Å². The summed E-state index contributed by atoms with van der Waals surface area (Å²) in [5, 5.41) is 0. The maximum Gasteiger partial charge on any atom is 0.250 e. The van der Waals surface area contributed by atoms with Crippen LogP contribution in [0.1, 0.15) is 18.2 Å². The van der Waals surface area contributed by atoms with Gasteiger partial charge in [-0.1, -0.05) is 6.92 Å². The molecule has 5 nitrogen and oxygen atoms in total. The number of nitrogens with one attached hydrogen (secondary N) is 1. The summed E-state index contributed by atoms with van der Waals surface area (Å²) >= 11 is 1.19. The second-order valence-corrected chi connectivity index (χ2v) is 6.72. The zero-order chi connectivity index (χ0) is 12.9. The highest BCUT2D eigenvalue weighted by molar-refractivity contribution is 7.91. The average molecular weight is 278 g/mol. The topological polar surface area (TPSA) is 81.4 Å². The van der Waals surface area contributed by atoms with Crippen LogP contribution < -0.4 is 10.5 Å². The number of hydrogen-bond donors (Lipinski definition) is 2. The van der Waals surface area contributed by atoms with Crippen molar-refractivity contribution in [2.24, 2.45) is 5.73 Å². The average Bonchev–Trinajstić information content (AvgIpc) is 2.77. The fourth-order valence-corrected chi connectivity index (χ4v) is 3.88. The molecule has 0 radical (unpaired) electrons. The van der Waals surface area contributed by atoms with E-state index in [9.17, 15) is 8.42 Å². The Morgan fingerprint density at radius 2 is 2.24 bits per heavy atom. The summed E-state index contributed by atoms with van der Waals surface area (Å²) in [5.74, 6) is 0. The smallest absolute Gasteiger partial charge is 0.250 e. The maximum absolute atomic E-state index is 12.0. The molecule has 0 aliphatic heterocycles. The quantitative estimate of drug-likeness (QED) is 0.777. The molecule has 0 amide bonds. The molecule has 7 heteroatoms. The number of ether oxygens (including phenoxy) is 1. The third kappa shape index (κ3) is 4.04. The number of rotatable bonds is 7. The Balaban J connectivity index is 2.80. The highest BCUT2D eigenvalue weighted by Gasteiger charge is 2.20. The van der Waals surface area contributed by atoms with E-state index in [0.29, 0.717) is 23.8 Å². The van der Waals surface area contributed by atoms with Crippen molar-refractivity contribution < 1.29 is 13.2 Å². The Labute approximate surface area is 106 Å². The monoisotopic (exact) mass is 278 g/mol. The van der Waals surface area contributed by atoms with E-state index in [-0.39, 0.29) is 6.04 Å². The van der Waals surface area contributed by atoms with Crippen LogP contribution in [0.4, 0.5) is 0 Å². The van der Waals surface area contributed by atoms with Crippen molar-refractivity contribution in [1.29, 1.82) is 0 Å². The minimum atomic E-state index is -3.45. The first-order valence-corrected chi connectivity index (χ1v) is 7.63. The van der Waals surface area contributed by atoms with E-state index in [1.807, 2.05) is 6.92 Å². The van der Waals surface area contributed by atoms with Gasteiger partial charge in [0.1, 0.15) is 4.21 Å². The van der Waals surface area contributed by atoms with Gasteiger partial charge in [0, 0.05) is 24.6 Å². The summed E-state index contributed by atoms with van der Waals surface area (Å²) in [6, 6.07) is 3.11. The molecule has 0 saturated carbocycles. The molecule has 0 fully saturated rings. The molecule has 1 aromatic rings. The van der Waals surface area contributed by atoms with E-state index in [4.69, 9.17) is 10.5 Å². The van der Waals surface area contributed by atoms with Crippen molar-refractivity contribution in [3.8, 4) is 0 Å². The predicted octanol–water partition coefficient (Wildman–Crippen LogP) is 0.910. The first kappa shape index (κ1) is 14.6. The Morgan fingerprint density at radius 3 is 2.71 bits per heavy atom. The Hall–Kier alpha value is -0.470. The van der Waals surface area contributed by atoms with Crippen LogP contribution >= 0.6 is 11.3 Å². The molecule has 0 bridgehead atoms. The van der Waals surface area contributed by atoms with Crippen LogP contribution in [0, 0.1) is 0 Å². The standard InChI is InChI=1S/C10H18N2O3S2/c1-3-8(7-15-2)12-17(13,14)10-5-4-9(6-11)16-10/h4-5,8,12H,3,6-7,11H2,1-2H3. The van der Waals surface area contributed by atoms with Gasteiger partial charge in [-0.15, -0.1) is 11.3 Å². The van der Waals surface area contributed by atoms with Crippen LogP contribution in [0.25, 0.3) is 0 Å². The lowest BCUT2D eigenvalue weighted by atomic mass is 10.3. The zero-order valence-corrected chi connectivity index (χ0v) is 11.6. The van der Waals surface area contributed by atoms with E-state index < -0.39 is 10.0 Å². The van der Waals surface area contributed by atoms with Gasteiger partial charge in [-0.2, -0.15) is 0 Å². The van der Waals surface area contributed by atoms with E-state index in [2.05, 4.69) is 4.72 Å². The highest BCUT2D eigenvalue weighted by atomic mass is 32.2. The summed E-state index contributed by atoms with van der Waals surface area (Å²) in [7, 11) is -1.90. The molecule has 1 aromatic heterocycles. The van der Waals surface area contributed by atoms with E-state index in [1.54, 1.807) is 19.2 Å². The van der Waals surface area contributed by atoms with Crippen molar-refractivity contribution >= 4 is 21.4 Å². The fourth-order valence-electron chi connectivity index (χ4n) is 1.33. The lowest BCUT2D eigenvalue weighted by Gasteiger charge is -2.15. The Kier molecular flexibility index (Phi) is 5.54. The van der Waals surface area contributed by atoms with Gasteiger partial charge >= 0.3 is 0 Å². The molecular weight excluding hydrogens is 260 g/mol. The van der Waals surface area contributed by atoms with E-state index in [0.717, 1.165) is 4.88 Å². The molecule has 0 aromatic carbocycles. The van der Waals surface area contributed by atoms with Crippen LogP contribution in [-0.2, 0) is 21.3 Å². The van der Waals surface area contributed by atoms with Gasteiger partial charge in [0.25, 0.3) is 0 Å². The van der Waals surface area contributed by atoms with Crippen LogP contribution in [0.2, 0.25) is 0 Å². The fraction of sp³-hybridized carbons (Fsp3) is 0.600. The third-order valence-corrected chi connectivity index (χ3v) is 5.41. The van der Waals surface area contributed by atoms with Crippen molar-refractivity contribution in [2.75, 3.05) is 13.7 Å². The molecule has 98 valence electrons. The lowest BCUT2D eigenvalue weighted by molar-refractivity contribution is 0.173. The third-order valence-electron chi connectivity index (χ3n) is 2.29. The largest absolute Gasteiger partial charge is 0.383 e. The van der Waals surface area contributed by atoms with Crippen LogP contribution in [0.15, 0.2) is 16.3 Å². The summed E-state index contributed by atoms with van der Waals surface area (Å²) < 4.78 is 31.9. The van der Waals surface area contributed by atoms with Crippen molar-refractivity contribution in [3.63, 3.8) is 0 Å². The molecule has 1 heterocycles. The number of hydrogen-bond acceptors (Lipinski definition) is 5. The molecule has 1 rings (SSSR count). The van der Waals surface area contributed by atoms with Gasteiger partial charge in [-0.05, 0) is 18.6 Å². The van der Waals surface area contributed by atoms with E-state index >= 15 is 0 Å². The van der Waals surface area contributed by atoms with Gasteiger partial charge in [0.2, 0.25) is 10.0 Å². The van der Waals surface area contributed by atoms with Crippen molar-refractivity contribution in [2.45, 2.75) is 30.1 Å². The second kappa shape index (κ2) is 6.46. The Bertz CT molecular complexity index is 442. The molecule has 0 aliphatic rings. The zero-order valence-electron chi connectivity index (χ0n) is 9.97. The summed E-state index contributed by atoms with van der Waals surface area (Å²) in [6.07, 6.45) is 0.683. The van der Waals surface area contributed by atoms with Gasteiger partial charge in [-0.3, -0.25) is 0 Å². The van der Waals surface area contributed by atoms with Gasteiger partial charge in [0.15, 0.2) is 0 Å². The maximum atomic E-state index is 12.0. The SMILES string of the molecule is CCC(COC)NS(=O)(=O)c1ccc(CN)s1. The number of methoxy groups -OCH3 is 1. The van der Waals surface area contributed by atoms with Gasteiger partial charge < -0.3 is 10.5 Å².